The average Bonchev–Trinajstić information content (AvgIpc) is 3.37. The van der Waals surface area contributed by atoms with Crippen LogP contribution in [0.3, 0.4) is 0 Å². The Balaban J connectivity index is 1.53. The minimum Gasteiger partial charge on any atom is -0.497 e. The van der Waals surface area contributed by atoms with Crippen LogP contribution in [0.5, 0.6) is 5.75 Å². The highest BCUT2D eigenvalue weighted by Gasteiger charge is 2.40. The molecule has 0 bridgehead atoms. The van der Waals surface area contributed by atoms with Gasteiger partial charge in [0.2, 0.25) is 0 Å². The van der Waals surface area contributed by atoms with Crippen LogP contribution in [-0.2, 0) is 9.59 Å². The van der Waals surface area contributed by atoms with Crippen LogP contribution >= 0.6 is 0 Å². The van der Waals surface area contributed by atoms with E-state index in [2.05, 4.69) is 10.6 Å². The Bertz CT molecular complexity index is 805. The molecule has 0 spiro atoms. The molecule has 2 amide bonds. The summed E-state index contributed by atoms with van der Waals surface area (Å²) in [5.74, 6) is -0.986. The number of hydrogen-bond donors (Lipinski definition) is 2. The summed E-state index contributed by atoms with van der Waals surface area (Å²) in [6.45, 7) is 1.63. The Labute approximate surface area is 145 Å². The summed E-state index contributed by atoms with van der Waals surface area (Å²) in [5, 5.41) is 5.11. The number of rotatable bonds is 4. The first-order valence-corrected chi connectivity index (χ1v) is 8.00. The third-order valence-electron chi connectivity index (χ3n) is 4.29. The van der Waals surface area contributed by atoms with Gasteiger partial charge in [-0.3, -0.25) is 9.59 Å². The molecule has 2 aromatic rings. The molecule has 2 unspecified atom stereocenters. The lowest BCUT2D eigenvalue weighted by atomic mass is 10.1. The first kappa shape index (κ1) is 17.0. The second kappa shape index (κ2) is 6.93. The number of hydrogen-bond acceptors (Lipinski definition) is 3. The molecule has 5 nitrogen and oxygen atoms in total. The lowest BCUT2D eigenvalue weighted by Crippen LogP contribution is -2.37. The normalized spacial score (nSPS) is 18.4. The highest BCUT2D eigenvalue weighted by molar-refractivity contribution is 6.39. The second-order valence-corrected chi connectivity index (χ2v) is 6.11. The number of carbonyl (C=O) groups excluding carboxylic acids is 2. The molecule has 0 radical (unpaired) electrons. The van der Waals surface area contributed by atoms with Gasteiger partial charge < -0.3 is 15.4 Å². The fourth-order valence-corrected chi connectivity index (χ4v) is 2.67. The molecule has 3 rings (SSSR count). The SMILES string of the molecule is COc1ccc(C2CC2NC(=O)C(=O)Nc2ccc(C)c(F)c2)cc1. The van der Waals surface area contributed by atoms with Crippen molar-refractivity contribution in [1.29, 1.82) is 0 Å². The number of ether oxygens (including phenoxy) is 1. The van der Waals surface area contributed by atoms with Gasteiger partial charge in [0, 0.05) is 17.6 Å². The number of carbonyl (C=O) groups is 2. The largest absolute Gasteiger partial charge is 0.497 e. The summed E-state index contributed by atoms with van der Waals surface area (Å²) in [5.41, 5.74) is 1.82. The zero-order chi connectivity index (χ0) is 18.0. The number of benzene rings is 2. The molecule has 2 atom stereocenters. The highest BCUT2D eigenvalue weighted by atomic mass is 19.1. The van der Waals surface area contributed by atoms with Gasteiger partial charge in [-0.1, -0.05) is 18.2 Å². The molecule has 0 saturated heterocycles. The van der Waals surface area contributed by atoms with Crippen LogP contribution < -0.4 is 15.4 Å². The molecule has 0 heterocycles. The average molecular weight is 342 g/mol. The Kier molecular flexibility index (Phi) is 4.70. The Morgan fingerprint density at radius 1 is 1.12 bits per heavy atom. The first-order chi connectivity index (χ1) is 12.0. The summed E-state index contributed by atoms with van der Waals surface area (Å²) in [7, 11) is 1.60. The Hall–Kier alpha value is -2.89. The van der Waals surface area contributed by atoms with E-state index in [9.17, 15) is 14.0 Å². The molecule has 6 heteroatoms. The molecule has 2 N–H and O–H groups in total. The van der Waals surface area contributed by atoms with Crippen LogP contribution in [0.25, 0.3) is 0 Å². The van der Waals surface area contributed by atoms with E-state index in [1.807, 2.05) is 24.3 Å². The Morgan fingerprint density at radius 3 is 2.48 bits per heavy atom. The van der Waals surface area contributed by atoms with Gasteiger partial charge in [-0.2, -0.15) is 0 Å². The van der Waals surface area contributed by atoms with Crippen molar-refractivity contribution in [3.05, 3.63) is 59.4 Å². The number of nitrogens with one attached hydrogen (secondary N) is 2. The molecule has 130 valence electrons. The second-order valence-electron chi connectivity index (χ2n) is 6.11. The minimum absolute atomic E-state index is 0.0681. The molecular formula is C19H19FN2O3. The number of halogens is 1. The van der Waals surface area contributed by atoms with E-state index in [0.717, 1.165) is 17.7 Å². The van der Waals surface area contributed by atoms with Gasteiger partial charge >= 0.3 is 11.8 Å². The van der Waals surface area contributed by atoms with Crippen molar-refractivity contribution in [3.63, 3.8) is 0 Å². The predicted octanol–water partition coefficient (Wildman–Crippen LogP) is 2.75. The van der Waals surface area contributed by atoms with Gasteiger partial charge in [-0.25, -0.2) is 4.39 Å². The summed E-state index contributed by atoms with van der Waals surface area (Å²) < 4.78 is 18.6. The molecular weight excluding hydrogens is 323 g/mol. The van der Waals surface area contributed by atoms with Crippen molar-refractivity contribution in [1.82, 2.24) is 5.32 Å². The Morgan fingerprint density at radius 2 is 1.84 bits per heavy atom. The van der Waals surface area contributed by atoms with Gasteiger partial charge in [0.15, 0.2) is 0 Å². The van der Waals surface area contributed by atoms with Crippen LogP contribution in [0.4, 0.5) is 10.1 Å². The highest BCUT2D eigenvalue weighted by Crippen LogP contribution is 2.41. The topological polar surface area (TPSA) is 67.4 Å². The molecule has 0 aromatic heterocycles. The van der Waals surface area contributed by atoms with E-state index in [1.165, 1.54) is 6.07 Å². The quantitative estimate of drug-likeness (QED) is 0.840. The number of methoxy groups -OCH3 is 1. The van der Waals surface area contributed by atoms with E-state index in [0.29, 0.717) is 5.56 Å². The monoisotopic (exact) mass is 342 g/mol. The van der Waals surface area contributed by atoms with Crippen LogP contribution in [0, 0.1) is 12.7 Å². The van der Waals surface area contributed by atoms with Crippen LogP contribution in [-0.4, -0.2) is 25.0 Å². The van der Waals surface area contributed by atoms with Crippen LogP contribution in [0.15, 0.2) is 42.5 Å². The van der Waals surface area contributed by atoms with Gasteiger partial charge in [0.1, 0.15) is 11.6 Å². The van der Waals surface area contributed by atoms with Crippen molar-refractivity contribution >= 4 is 17.5 Å². The van der Waals surface area contributed by atoms with Gasteiger partial charge in [-0.05, 0) is 48.7 Å². The number of amides is 2. The van der Waals surface area contributed by atoms with Crippen molar-refractivity contribution in [2.75, 3.05) is 12.4 Å². The molecule has 0 aliphatic heterocycles. The fraction of sp³-hybridized carbons (Fsp3) is 0.263. The van der Waals surface area contributed by atoms with Gasteiger partial charge in [0.25, 0.3) is 0 Å². The van der Waals surface area contributed by atoms with Crippen molar-refractivity contribution in [3.8, 4) is 5.75 Å². The predicted molar refractivity (Wildman–Crippen MR) is 92.0 cm³/mol. The van der Waals surface area contributed by atoms with E-state index < -0.39 is 17.6 Å². The molecule has 1 aliphatic rings. The number of anilines is 1. The first-order valence-electron chi connectivity index (χ1n) is 8.00. The molecule has 2 aromatic carbocycles. The summed E-state index contributed by atoms with van der Waals surface area (Å²) in [6.07, 6.45) is 0.782. The molecule has 25 heavy (non-hydrogen) atoms. The maximum absolute atomic E-state index is 13.5. The molecule has 1 saturated carbocycles. The zero-order valence-corrected chi connectivity index (χ0v) is 14.0. The van der Waals surface area contributed by atoms with Gasteiger partial charge in [0.05, 0.1) is 7.11 Å². The summed E-state index contributed by atoms with van der Waals surface area (Å²) in [4.78, 5) is 23.9. The van der Waals surface area contributed by atoms with Crippen LogP contribution in [0.1, 0.15) is 23.5 Å². The summed E-state index contributed by atoms with van der Waals surface area (Å²) >= 11 is 0. The van der Waals surface area contributed by atoms with E-state index in [-0.39, 0.29) is 17.6 Å². The third-order valence-corrected chi connectivity index (χ3v) is 4.29. The smallest absolute Gasteiger partial charge is 0.313 e. The van der Waals surface area contributed by atoms with E-state index in [1.54, 1.807) is 26.2 Å². The minimum atomic E-state index is -0.802. The molecule has 1 fully saturated rings. The standard InChI is InChI=1S/C19H19FN2O3/c1-11-3-6-13(9-16(11)20)21-18(23)19(24)22-17-10-15(17)12-4-7-14(25-2)8-5-12/h3-9,15,17H,10H2,1-2H3,(H,21,23)(H,22,24). The van der Waals surface area contributed by atoms with Crippen LogP contribution in [0.2, 0.25) is 0 Å². The maximum Gasteiger partial charge on any atom is 0.313 e. The lowest BCUT2D eigenvalue weighted by Gasteiger charge is -2.07. The number of aryl methyl sites for hydroxylation is 1. The molecule has 1 aliphatic carbocycles. The summed E-state index contributed by atoms with van der Waals surface area (Å²) in [6, 6.07) is 11.9. The lowest BCUT2D eigenvalue weighted by molar-refractivity contribution is -0.136. The van der Waals surface area contributed by atoms with Crippen molar-refractivity contribution < 1.29 is 18.7 Å². The fourth-order valence-electron chi connectivity index (χ4n) is 2.67. The van der Waals surface area contributed by atoms with Gasteiger partial charge in [-0.15, -0.1) is 0 Å². The van der Waals surface area contributed by atoms with Crippen molar-refractivity contribution in [2.24, 2.45) is 0 Å². The maximum atomic E-state index is 13.5. The van der Waals surface area contributed by atoms with E-state index in [4.69, 9.17) is 4.74 Å². The van der Waals surface area contributed by atoms with Crippen molar-refractivity contribution in [2.45, 2.75) is 25.3 Å². The third kappa shape index (κ3) is 3.96. The van der Waals surface area contributed by atoms with E-state index >= 15 is 0 Å². The zero-order valence-electron chi connectivity index (χ0n) is 14.0.